The van der Waals surface area contributed by atoms with Crippen molar-refractivity contribution in [2.75, 3.05) is 4.90 Å². The van der Waals surface area contributed by atoms with Crippen LogP contribution >= 0.6 is 0 Å². The molecule has 0 fully saturated rings. The third-order valence-corrected chi connectivity index (χ3v) is 14.1. The van der Waals surface area contributed by atoms with Crippen LogP contribution in [0.4, 0.5) is 17.1 Å². The molecule has 0 amide bonds. The van der Waals surface area contributed by atoms with Gasteiger partial charge in [0.1, 0.15) is 11.2 Å². The van der Waals surface area contributed by atoms with Crippen LogP contribution in [-0.2, 0) is 5.41 Å². The lowest BCUT2D eigenvalue weighted by Crippen LogP contribution is -2.26. The quantitative estimate of drug-likeness (QED) is 0.177. The average molecular weight is 800 g/mol. The Morgan fingerprint density at radius 1 is 0.254 bits per heavy atom. The molecule has 0 atom stereocenters. The fourth-order valence-corrected chi connectivity index (χ4v) is 11.5. The second-order valence-corrected chi connectivity index (χ2v) is 17.1. The highest BCUT2D eigenvalue weighted by molar-refractivity contribution is 6.08. The molecular formula is C61H37NO. The minimum absolute atomic E-state index is 0.465. The molecule has 0 unspecified atom stereocenters. The molecule has 0 radical (unpaired) electrons. The Hall–Kier alpha value is -8.20. The van der Waals surface area contributed by atoms with Gasteiger partial charge in [0.05, 0.1) is 5.41 Å². The van der Waals surface area contributed by atoms with Crippen molar-refractivity contribution in [3.63, 3.8) is 0 Å². The van der Waals surface area contributed by atoms with Crippen molar-refractivity contribution in [2.45, 2.75) is 5.41 Å². The molecule has 10 aromatic carbocycles. The van der Waals surface area contributed by atoms with Crippen LogP contribution in [0.3, 0.4) is 0 Å². The van der Waals surface area contributed by atoms with Gasteiger partial charge in [-0.1, -0.05) is 176 Å². The van der Waals surface area contributed by atoms with E-state index in [0.717, 1.165) is 39.0 Å². The molecule has 3 aliphatic rings. The fraction of sp³-hybridized carbons (Fsp3) is 0.0164. The van der Waals surface area contributed by atoms with E-state index in [-0.39, 0.29) is 0 Å². The number of hydrogen-bond acceptors (Lipinski definition) is 2. The summed E-state index contributed by atoms with van der Waals surface area (Å²) in [6.07, 6.45) is 0. The van der Waals surface area contributed by atoms with Crippen molar-refractivity contribution in [1.82, 2.24) is 0 Å². The summed E-state index contributed by atoms with van der Waals surface area (Å²) < 4.78 is 6.41. The van der Waals surface area contributed by atoms with E-state index in [1.54, 1.807) is 0 Å². The standard InChI is InChI=1S/C61H37NO/c1-2-16-42-41(15-1)43-17-3-4-19-45(43)47-32-29-38(35-53(47)46-20-6-5-18-44(42)46)62(39-31-34-60-54(36-39)52-24-10-14-28-59(52)63-60)40-30-33-51-50-23-9-13-27-57(50)61(58(51)37-40)55-25-11-7-21-48(55)49-22-8-12-26-56(49)61/h1-37H. The first-order valence-electron chi connectivity index (χ1n) is 21.8. The van der Waals surface area contributed by atoms with Crippen LogP contribution in [0.1, 0.15) is 22.3 Å². The second-order valence-electron chi connectivity index (χ2n) is 17.1. The number of anilines is 3. The van der Waals surface area contributed by atoms with E-state index in [1.807, 2.05) is 6.07 Å². The predicted molar refractivity (Wildman–Crippen MR) is 260 cm³/mol. The first kappa shape index (κ1) is 34.5. The van der Waals surface area contributed by atoms with E-state index in [9.17, 15) is 0 Å². The van der Waals surface area contributed by atoms with Crippen LogP contribution in [0.25, 0.3) is 88.7 Å². The lowest BCUT2D eigenvalue weighted by atomic mass is 9.70. The Labute approximate surface area is 365 Å². The molecule has 1 heterocycles. The molecule has 0 N–H and O–H groups in total. The molecule has 14 rings (SSSR count). The van der Waals surface area contributed by atoms with Crippen LogP contribution < -0.4 is 4.90 Å². The molecular weight excluding hydrogens is 763 g/mol. The summed E-state index contributed by atoms with van der Waals surface area (Å²) in [5.74, 6) is 0. The smallest absolute Gasteiger partial charge is 0.135 e. The third-order valence-electron chi connectivity index (χ3n) is 14.1. The second kappa shape index (κ2) is 12.9. The minimum atomic E-state index is -0.465. The Kier molecular flexibility index (Phi) is 7.07. The van der Waals surface area contributed by atoms with Crippen molar-refractivity contribution < 1.29 is 4.42 Å². The number of hydrogen-bond donors (Lipinski definition) is 0. The zero-order valence-electron chi connectivity index (χ0n) is 34.2. The van der Waals surface area contributed by atoms with Gasteiger partial charge < -0.3 is 9.32 Å². The van der Waals surface area contributed by atoms with E-state index < -0.39 is 5.41 Å². The molecule has 292 valence electrons. The summed E-state index contributed by atoms with van der Waals surface area (Å²) in [4.78, 5) is 2.46. The van der Waals surface area contributed by atoms with Gasteiger partial charge in [0.2, 0.25) is 0 Å². The summed E-state index contributed by atoms with van der Waals surface area (Å²) in [7, 11) is 0. The van der Waals surface area contributed by atoms with Gasteiger partial charge in [-0.25, -0.2) is 0 Å². The van der Waals surface area contributed by atoms with Gasteiger partial charge in [-0.15, -0.1) is 0 Å². The fourth-order valence-electron chi connectivity index (χ4n) is 11.5. The van der Waals surface area contributed by atoms with E-state index >= 15 is 0 Å². The first-order valence-corrected chi connectivity index (χ1v) is 21.8. The summed E-state index contributed by atoms with van der Waals surface area (Å²) >= 11 is 0. The zero-order valence-corrected chi connectivity index (χ0v) is 34.2. The van der Waals surface area contributed by atoms with Crippen LogP contribution in [0.2, 0.25) is 0 Å². The van der Waals surface area contributed by atoms with Gasteiger partial charge in [0, 0.05) is 27.8 Å². The van der Waals surface area contributed by atoms with Gasteiger partial charge in [-0.2, -0.15) is 0 Å². The molecule has 11 aromatic rings. The number of benzene rings is 10. The van der Waals surface area contributed by atoms with Crippen LogP contribution in [-0.4, -0.2) is 0 Å². The van der Waals surface area contributed by atoms with Crippen molar-refractivity contribution in [1.29, 1.82) is 0 Å². The van der Waals surface area contributed by atoms with E-state index in [4.69, 9.17) is 4.42 Å². The lowest BCUT2D eigenvalue weighted by Gasteiger charge is -2.32. The van der Waals surface area contributed by atoms with Crippen molar-refractivity contribution >= 4 is 39.0 Å². The van der Waals surface area contributed by atoms with Crippen LogP contribution in [0, 0.1) is 0 Å². The lowest BCUT2D eigenvalue weighted by molar-refractivity contribution is 0.669. The summed E-state index contributed by atoms with van der Waals surface area (Å²) in [5.41, 5.74) is 24.9. The number of nitrogens with zero attached hydrogens (tertiary/aromatic N) is 1. The molecule has 0 aliphatic heterocycles. The molecule has 2 heteroatoms. The zero-order chi connectivity index (χ0) is 41.2. The topological polar surface area (TPSA) is 16.4 Å². The Bertz CT molecular complexity index is 3650. The van der Waals surface area contributed by atoms with Gasteiger partial charge in [0.15, 0.2) is 0 Å². The third kappa shape index (κ3) is 4.67. The maximum Gasteiger partial charge on any atom is 0.135 e. The molecule has 0 saturated heterocycles. The van der Waals surface area contributed by atoms with Crippen LogP contribution in [0.15, 0.2) is 229 Å². The maximum atomic E-state index is 6.41. The Morgan fingerprint density at radius 3 is 1.17 bits per heavy atom. The maximum absolute atomic E-state index is 6.41. The first-order chi connectivity index (χ1) is 31.3. The highest BCUT2D eigenvalue weighted by Gasteiger charge is 2.51. The molecule has 63 heavy (non-hydrogen) atoms. The predicted octanol–water partition coefficient (Wildman–Crippen LogP) is 16.4. The Morgan fingerprint density at radius 2 is 0.619 bits per heavy atom. The van der Waals surface area contributed by atoms with Gasteiger partial charge in [-0.05, 0) is 138 Å². The number of para-hydroxylation sites is 1. The highest BCUT2D eigenvalue weighted by Crippen LogP contribution is 2.63. The van der Waals surface area contributed by atoms with Crippen molar-refractivity contribution in [3.05, 3.63) is 247 Å². The number of rotatable bonds is 3. The highest BCUT2D eigenvalue weighted by atomic mass is 16.3. The van der Waals surface area contributed by atoms with E-state index in [2.05, 4.69) is 223 Å². The van der Waals surface area contributed by atoms with Crippen LogP contribution in [0.5, 0.6) is 0 Å². The number of fused-ring (bicyclic) bond motifs is 21. The Balaban J connectivity index is 1.06. The summed E-state index contributed by atoms with van der Waals surface area (Å²) in [5, 5.41) is 2.21. The van der Waals surface area contributed by atoms with E-state index in [0.29, 0.717) is 0 Å². The molecule has 1 spiro atoms. The minimum Gasteiger partial charge on any atom is -0.456 e. The molecule has 2 nitrogen and oxygen atoms in total. The molecule has 1 aromatic heterocycles. The monoisotopic (exact) mass is 799 g/mol. The van der Waals surface area contributed by atoms with Crippen molar-refractivity contribution in [3.8, 4) is 66.8 Å². The summed E-state index contributed by atoms with van der Waals surface area (Å²) in [6.45, 7) is 0. The molecule has 0 bridgehead atoms. The van der Waals surface area contributed by atoms with Crippen molar-refractivity contribution in [2.24, 2.45) is 0 Å². The molecule has 0 saturated carbocycles. The van der Waals surface area contributed by atoms with Gasteiger partial charge >= 0.3 is 0 Å². The van der Waals surface area contributed by atoms with Gasteiger partial charge in [-0.3, -0.25) is 0 Å². The van der Waals surface area contributed by atoms with Gasteiger partial charge in [0.25, 0.3) is 0 Å². The molecule has 3 aliphatic carbocycles. The number of furan rings is 1. The SMILES string of the molecule is c1ccc2c(c1)-c1ccccc1-c1ccc(N(c3ccc4c(c3)C3(c5ccccc5-c5ccccc53)c3ccccc3-4)c3ccc4oc5ccccc5c4c3)cc1-c1ccccc1-2. The average Bonchev–Trinajstić information content (AvgIpc) is 3.97. The largest absolute Gasteiger partial charge is 0.456 e. The van der Waals surface area contributed by atoms with E-state index in [1.165, 1.54) is 89.0 Å². The normalized spacial score (nSPS) is 13.2. The summed E-state index contributed by atoms with van der Waals surface area (Å²) in [6, 6.07) is 83.1.